The van der Waals surface area contributed by atoms with E-state index >= 15 is 0 Å². The minimum absolute atomic E-state index is 0.0370. The molecule has 0 radical (unpaired) electrons. The molecule has 0 unspecified atom stereocenters. The molecular formula is C35H37Cl3N4O4. The van der Waals surface area contributed by atoms with Gasteiger partial charge < -0.3 is 20.5 Å². The molecule has 2 heterocycles. The average Bonchev–Trinajstić information content (AvgIpc) is 3.99. The molecule has 6 rings (SSSR count). The highest BCUT2D eigenvalue weighted by Gasteiger charge is 2.51. The molecule has 242 valence electrons. The number of nitrogens with two attached hydrogens (primary N) is 1. The summed E-state index contributed by atoms with van der Waals surface area (Å²) in [5.74, 6) is 2.51. The Kier molecular flexibility index (Phi) is 11.5. The van der Waals surface area contributed by atoms with Crippen molar-refractivity contribution in [2.75, 3.05) is 25.3 Å². The van der Waals surface area contributed by atoms with Crippen LogP contribution in [0.5, 0.6) is 11.5 Å². The van der Waals surface area contributed by atoms with E-state index in [2.05, 4.69) is 15.3 Å². The molecule has 1 amide bonds. The van der Waals surface area contributed by atoms with Gasteiger partial charge in [-0.05, 0) is 109 Å². The molecule has 2 aromatic carbocycles. The predicted octanol–water partition coefficient (Wildman–Crippen LogP) is 8.09. The van der Waals surface area contributed by atoms with Crippen LogP contribution in [0.15, 0.2) is 72.8 Å². The summed E-state index contributed by atoms with van der Waals surface area (Å²) >= 11 is 17.3. The molecule has 2 saturated carbocycles. The lowest BCUT2D eigenvalue weighted by molar-refractivity contribution is -0.118. The fourth-order valence-electron chi connectivity index (χ4n) is 4.87. The van der Waals surface area contributed by atoms with Crippen LogP contribution in [0.25, 0.3) is 0 Å². The number of carbonyl (C=O) groups is 2. The third-order valence-corrected chi connectivity index (χ3v) is 9.27. The van der Waals surface area contributed by atoms with Crippen LogP contribution in [0.3, 0.4) is 0 Å². The van der Waals surface area contributed by atoms with Crippen molar-refractivity contribution in [3.05, 3.63) is 105 Å². The number of carbonyl (C=O) groups excluding carboxylic acids is 2. The number of anilines is 2. The number of pyridine rings is 2. The number of halogens is 3. The van der Waals surface area contributed by atoms with Gasteiger partial charge in [0.05, 0.1) is 25.0 Å². The molecule has 0 bridgehead atoms. The molecule has 0 spiro atoms. The highest BCUT2D eigenvalue weighted by Crippen LogP contribution is 2.50. The van der Waals surface area contributed by atoms with E-state index in [1.807, 2.05) is 74.5 Å². The number of nitrogens with zero attached hydrogens (tertiary/aromatic N) is 2. The lowest BCUT2D eigenvalue weighted by Gasteiger charge is -2.16. The smallest absolute Gasteiger partial charge is 0.236 e. The summed E-state index contributed by atoms with van der Waals surface area (Å²) in [6.45, 7) is 3.90. The largest absolute Gasteiger partial charge is 0.497 e. The second kappa shape index (κ2) is 15.2. The number of methoxy groups -OCH3 is 2. The van der Waals surface area contributed by atoms with Crippen LogP contribution in [0.1, 0.15) is 54.9 Å². The number of amides is 1. The molecule has 11 heteroatoms. The number of benzene rings is 2. The highest BCUT2D eigenvalue weighted by atomic mass is 35.5. The third kappa shape index (κ3) is 8.29. The molecule has 8 nitrogen and oxygen atoms in total. The van der Waals surface area contributed by atoms with Crippen LogP contribution in [0.2, 0.25) is 10.3 Å². The maximum Gasteiger partial charge on any atom is 0.236 e. The monoisotopic (exact) mass is 682 g/mol. The Balaban J connectivity index is 0.000000171. The average molecular weight is 684 g/mol. The summed E-state index contributed by atoms with van der Waals surface area (Å²) in [6.07, 6.45) is 4.30. The van der Waals surface area contributed by atoms with Gasteiger partial charge in [-0.15, -0.1) is 0 Å². The van der Waals surface area contributed by atoms with Crippen molar-refractivity contribution in [1.29, 1.82) is 0 Å². The van der Waals surface area contributed by atoms with Gasteiger partial charge in [-0.25, -0.2) is 9.97 Å². The van der Waals surface area contributed by atoms with Crippen LogP contribution < -0.4 is 20.5 Å². The summed E-state index contributed by atoms with van der Waals surface area (Å²) in [5, 5.41) is 3.55. The van der Waals surface area contributed by atoms with Crippen molar-refractivity contribution >= 4 is 57.6 Å². The van der Waals surface area contributed by atoms with Crippen molar-refractivity contribution in [3.8, 4) is 11.5 Å². The van der Waals surface area contributed by atoms with Crippen LogP contribution in [0.4, 0.5) is 11.6 Å². The van der Waals surface area contributed by atoms with Crippen LogP contribution in [-0.4, -0.2) is 35.3 Å². The van der Waals surface area contributed by atoms with E-state index < -0.39 is 10.8 Å². The molecule has 2 aromatic heterocycles. The van der Waals surface area contributed by atoms with E-state index in [0.29, 0.717) is 21.9 Å². The second-order valence-electron chi connectivity index (χ2n) is 11.2. The molecule has 0 atom stereocenters. The molecule has 2 aliphatic carbocycles. The van der Waals surface area contributed by atoms with Gasteiger partial charge in [0.2, 0.25) is 11.1 Å². The number of nitrogen functional groups attached to an aromatic ring is 1. The first-order chi connectivity index (χ1) is 22.0. The Labute approximate surface area is 284 Å². The van der Waals surface area contributed by atoms with Crippen molar-refractivity contribution in [3.63, 3.8) is 0 Å². The fraction of sp³-hybridized carbons (Fsp3) is 0.314. The molecular weight excluding hydrogens is 647 g/mol. The van der Waals surface area contributed by atoms with E-state index in [1.54, 1.807) is 26.4 Å². The number of hydrogen-bond donors (Lipinski definition) is 2. The predicted molar refractivity (Wildman–Crippen MR) is 184 cm³/mol. The van der Waals surface area contributed by atoms with Gasteiger partial charge in [0.15, 0.2) is 0 Å². The maximum atomic E-state index is 12.6. The topological polar surface area (TPSA) is 116 Å². The molecule has 0 aliphatic heterocycles. The Morgan fingerprint density at radius 2 is 1.30 bits per heavy atom. The number of rotatable bonds is 8. The number of hydrogen-bond acceptors (Lipinski definition) is 7. The summed E-state index contributed by atoms with van der Waals surface area (Å²) in [7, 11) is 3.25. The summed E-state index contributed by atoms with van der Waals surface area (Å²) in [5.41, 5.74) is 8.46. The van der Waals surface area contributed by atoms with E-state index in [0.717, 1.165) is 65.9 Å². The molecule has 4 aromatic rings. The summed E-state index contributed by atoms with van der Waals surface area (Å²) < 4.78 is 10.2. The van der Waals surface area contributed by atoms with Crippen LogP contribution >= 0.6 is 34.8 Å². The summed E-state index contributed by atoms with van der Waals surface area (Å²) in [4.78, 5) is 31.9. The van der Waals surface area contributed by atoms with Crippen LogP contribution in [-0.2, 0) is 26.8 Å². The minimum Gasteiger partial charge on any atom is -0.497 e. The zero-order valence-electron chi connectivity index (χ0n) is 26.2. The summed E-state index contributed by atoms with van der Waals surface area (Å²) in [6, 6.07) is 22.4. The van der Waals surface area contributed by atoms with Gasteiger partial charge >= 0.3 is 0 Å². The van der Waals surface area contributed by atoms with Gasteiger partial charge in [-0.2, -0.15) is 0 Å². The fourth-order valence-corrected chi connectivity index (χ4v) is 5.61. The quantitative estimate of drug-likeness (QED) is 0.142. The van der Waals surface area contributed by atoms with E-state index in [-0.39, 0.29) is 11.1 Å². The Hall–Kier alpha value is -3.85. The van der Waals surface area contributed by atoms with Crippen molar-refractivity contribution in [1.82, 2.24) is 9.97 Å². The van der Waals surface area contributed by atoms with Gasteiger partial charge in [-0.1, -0.05) is 66.5 Å². The number of aromatic nitrogens is 2. The standard InChI is InChI=1S/C17H17ClN2O2.C11H11ClO2.C7H9ClN2/c1-11-3-8-14(19-15(11)18)20-16(21)17(9-10-17)12-4-6-13(22-2)7-5-12;1-14-9-4-2-8(3-5-9)11(6-7-11)10(12)13;1-2-5-3-4-6(9)10-7(5)8/h3-8H,9-10H2,1-2H3,(H,19,20,21);2-5H,6-7H2,1H3;3-4H,2H2,1H3,(H2,9,10). The number of nitrogens with one attached hydrogen (secondary N) is 1. The van der Waals surface area contributed by atoms with Gasteiger partial charge in [0.1, 0.15) is 33.4 Å². The minimum atomic E-state index is -0.453. The maximum absolute atomic E-state index is 12.6. The van der Waals surface area contributed by atoms with Crippen LogP contribution in [0, 0.1) is 6.92 Å². The van der Waals surface area contributed by atoms with Gasteiger partial charge in [0.25, 0.3) is 0 Å². The van der Waals surface area contributed by atoms with Gasteiger partial charge in [0, 0.05) is 0 Å². The van der Waals surface area contributed by atoms with E-state index in [4.69, 9.17) is 50.0 Å². The Morgan fingerprint density at radius 1 is 0.783 bits per heavy atom. The lowest BCUT2D eigenvalue weighted by atomic mass is 9.95. The third-order valence-electron chi connectivity index (χ3n) is 8.20. The Bertz CT molecular complexity index is 1670. The first-order valence-corrected chi connectivity index (χ1v) is 16.0. The van der Waals surface area contributed by atoms with Crippen molar-refractivity contribution < 1.29 is 19.1 Å². The molecule has 46 heavy (non-hydrogen) atoms. The lowest BCUT2D eigenvalue weighted by Crippen LogP contribution is -2.28. The molecule has 2 aliphatic rings. The normalized spacial score (nSPS) is 14.8. The number of ether oxygens (including phenoxy) is 2. The zero-order chi connectivity index (χ0) is 33.5. The number of aryl methyl sites for hydroxylation is 2. The SMILES string of the molecule is CCc1ccc(N)nc1Cl.COc1ccc(C2(C(=O)Cl)CC2)cc1.COc1ccc(C2(C(=O)Nc3ccc(C)c(Cl)n3)CC2)cc1. The first-order valence-electron chi connectivity index (χ1n) is 14.8. The Morgan fingerprint density at radius 3 is 1.72 bits per heavy atom. The molecule has 2 fully saturated rings. The molecule has 0 saturated heterocycles. The highest BCUT2D eigenvalue weighted by molar-refractivity contribution is 6.66. The molecule has 3 N–H and O–H groups in total. The van der Waals surface area contributed by atoms with E-state index in [9.17, 15) is 9.59 Å². The zero-order valence-corrected chi connectivity index (χ0v) is 28.5. The van der Waals surface area contributed by atoms with E-state index in [1.165, 1.54) is 0 Å². The van der Waals surface area contributed by atoms with Crippen molar-refractivity contribution in [2.45, 2.75) is 56.8 Å². The first kappa shape index (κ1) is 35.0. The second-order valence-corrected chi connectivity index (χ2v) is 12.3. The van der Waals surface area contributed by atoms with Gasteiger partial charge in [-0.3, -0.25) is 9.59 Å². The van der Waals surface area contributed by atoms with Crippen molar-refractivity contribution in [2.24, 2.45) is 0 Å².